The highest BCUT2D eigenvalue weighted by atomic mass is 35.5. The van der Waals surface area contributed by atoms with Gasteiger partial charge in [0.15, 0.2) is 0 Å². The van der Waals surface area contributed by atoms with Crippen LogP contribution in [0.5, 0.6) is 5.75 Å². The van der Waals surface area contributed by atoms with Crippen LogP contribution in [0, 0.1) is 0 Å². The summed E-state index contributed by atoms with van der Waals surface area (Å²) in [4.78, 5) is 19.1. The van der Waals surface area contributed by atoms with E-state index in [4.69, 9.17) is 71.8 Å². The first-order chi connectivity index (χ1) is 25.8. The van der Waals surface area contributed by atoms with Gasteiger partial charge in [0.25, 0.3) is 0 Å². The van der Waals surface area contributed by atoms with Crippen molar-refractivity contribution in [2.45, 2.75) is 59.1 Å². The third-order valence-electron chi connectivity index (χ3n) is 8.89. The van der Waals surface area contributed by atoms with Crippen LogP contribution in [0.3, 0.4) is 0 Å². The van der Waals surface area contributed by atoms with E-state index in [1.165, 1.54) is 0 Å². The molecule has 6 rings (SSSR count). The first-order valence-corrected chi connectivity index (χ1v) is 18.8. The second kappa shape index (κ2) is 16.6. The minimum Gasteiger partial charge on any atom is -0.487 e. The lowest BCUT2D eigenvalue weighted by Crippen LogP contribution is -2.20. The molecule has 0 aliphatic heterocycles. The molecule has 3 heterocycles. The molecule has 0 aliphatic carbocycles. The predicted octanol–water partition coefficient (Wildman–Crippen LogP) is 12.4. The average molecular weight is 829 g/mol. The van der Waals surface area contributed by atoms with E-state index < -0.39 is 5.97 Å². The number of carbonyl (C=O) groups is 1. The van der Waals surface area contributed by atoms with Crippen molar-refractivity contribution in [2.24, 2.45) is 0 Å². The average Bonchev–Trinajstić information content (AvgIpc) is 3.72. The van der Waals surface area contributed by atoms with Crippen molar-refractivity contribution in [1.29, 1.82) is 0 Å². The lowest BCUT2D eigenvalue weighted by atomic mass is 9.90. The van der Waals surface area contributed by atoms with Gasteiger partial charge in [-0.05, 0) is 41.5 Å². The summed E-state index contributed by atoms with van der Waals surface area (Å²) in [6.07, 6.45) is 1.76. The molecule has 0 bridgehead atoms. The highest BCUT2D eigenvalue weighted by molar-refractivity contribution is 6.39. The summed E-state index contributed by atoms with van der Waals surface area (Å²) in [5, 5.41) is 21.0. The number of ether oxygens (including phenoxy) is 1. The number of hydrogen-bond donors (Lipinski definition) is 1. The monoisotopic (exact) mass is 826 g/mol. The predicted molar refractivity (Wildman–Crippen MR) is 214 cm³/mol. The zero-order valence-electron chi connectivity index (χ0n) is 29.9. The highest BCUT2D eigenvalue weighted by Gasteiger charge is 2.27. The molecule has 54 heavy (non-hydrogen) atoms. The second-order valence-corrected chi connectivity index (χ2v) is 15.3. The fourth-order valence-corrected chi connectivity index (χ4v) is 7.78. The summed E-state index contributed by atoms with van der Waals surface area (Å²) >= 11 is 33.1. The van der Waals surface area contributed by atoms with E-state index >= 15 is 0 Å². The molecule has 3 aromatic carbocycles. The summed E-state index contributed by atoms with van der Waals surface area (Å²) in [7, 11) is 1.82. The molecule has 9 nitrogen and oxygen atoms in total. The van der Waals surface area contributed by atoms with Gasteiger partial charge in [0.1, 0.15) is 41.1 Å². The van der Waals surface area contributed by atoms with E-state index in [1.54, 1.807) is 60.8 Å². The number of carboxylic acids is 1. The zero-order chi connectivity index (χ0) is 38.8. The van der Waals surface area contributed by atoms with Gasteiger partial charge in [-0.2, -0.15) is 0 Å². The van der Waals surface area contributed by atoms with E-state index in [0.29, 0.717) is 87.4 Å². The molecule has 0 atom stereocenters. The van der Waals surface area contributed by atoms with Gasteiger partial charge in [-0.1, -0.05) is 120 Å². The van der Waals surface area contributed by atoms with Crippen LogP contribution in [0.2, 0.25) is 25.1 Å². The summed E-state index contributed by atoms with van der Waals surface area (Å²) in [6.45, 7) is 8.30. The van der Waals surface area contributed by atoms with Crippen molar-refractivity contribution in [3.8, 4) is 28.3 Å². The normalized spacial score (nSPS) is 11.5. The number of aromatic nitrogens is 3. The molecule has 0 aliphatic rings. The number of rotatable bonds is 13. The van der Waals surface area contributed by atoms with Crippen molar-refractivity contribution in [2.75, 3.05) is 11.9 Å². The van der Waals surface area contributed by atoms with Crippen LogP contribution in [-0.4, -0.2) is 33.4 Å². The Morgan fingerprint density at radius 1 is 0.759 bits per heavy atom. The van der Waals surface area contributed by atoms with E-state index in [2.05, 4.69) is 15.3 Å². The van der Waals surface area contributed by atoms with Crippen molar-refractivity contribution < 1.29 is 23.7 Å². The molecule has 1 N–H and O–H groups in total. The van der Waals surface area contributed by atoms with Gasteiger partial charge in [-0.25, -0.2) is 9.78 Å². The molecule has 0 saturated carbocycles. The topological polar surface area (TPSA) is 115 Å². The Balaban J connectivity index is 1.29. The minimum atomic E-state index is -1.07. The molecule has 280 valence electrons. The summed E-state index contributed by atoms with van der Waals surface area (Å²) in [5.74, 6) is 1.01. The Labute approximate surface area is 337 Å². The number of carboxylic acid groups (broad SMARTS) is 1. The number of anilines is 1. The van der Waals surface area contributed by atoms with Crippen molar-refractivity contribution in [3.63, 3.8) is 0 Å². The lowest BCUT2D eigenvalue weighted by molar-refractivity contribution is 0.0695. The summed E-state index contributed by atoms with van der Waals surface area (Å²) in [6, 6.07) is 17.3. The van der Waals surface area contributed by atoms with Crippen LogP contribution in [0.25, 0.3) is 22.5 Å². The van der Waals surface area contributed by atoms with Crippen LogP contribution in [0.15, 0.2) is 75.9 Å². The molecule has 3 aromatic heterocycles. The number of pyridine rings is 1. The number of hydrogen-bond acceptors (Lipinski definition) is 8. The van der Waals surface area contributed by atoms with Crippen molar-refractivity contribution in [3.05, 3.63) is 131 Å². The molecule has 6 aromatic rings. The first kappa shape index (κ1) is 39.4. The second-order valence-electron chi connectivity index (χ2n) is 13.3. The largest absolute Gasteiger partial charge is 0.487 e. The Bertz CT molecular complexity index is 2300. The third kappa shape index (κ3) is 8.07. The maximum absolute atomic E-state index is 12.6. The molecule has 0 unspecified atom stereocenters. The Morgan fingerprint density at radius 3 is 1.80 bits per heavy atom. The Kier molecular flexibility index (Phi) is 12.1. The number of benzene rings is 3. The van der Waals surface area contributed by atoms with Gasteiger partial charge >= 0.3 is 5.97 Å². The third-order valence-corrected chi connectivity index (χ3v) is 10.4. The smallest absolute Gasteiger partial charge is 0.335 e. The summed E-state index contributed by atoms with van der Waals surface area (Å²) in [5.41, 5.74) is 4.89. The maximum Gasteiger partial charge on any atom is 0.335 e. The molecular weight excluding hydrogens is 794 g/mol. The van der Waals surface area contributed by atoms with E-state index in [1.807, 2.05) is 45.7 Å². The van der Waals surface area contributed by atoms with E-state index in [0.717, 1.165) is 5.56 Å². The summed E-state index contributed by atoms with van der Waals surface area (Å²) < 4.78 is 17.7. The maximum atomic E-state index is 12.6. The molecular formula is C40H35Cl5N4O5. The van der Waals surface area contributed by atoms with Crippen molar-refractivity contribution >= 4 is 69.8 Å². The SMILES string of the molecule is CC(C)c1onc(-c2c(Cl)cccc2Cl)c1COc1cnc(N(C)Cc2cccc(C(=O)O)c2Cc2c(-c3c(Cl)cccc3Cl)noc2C(C)C)c(Cl)c1. The van der Waals surface area contributed by atoms with Crippen LogP contribution in [-0.2, 0) is 19.6 Å². The minimum absolute atomic E-state index is 0.00985. The molecule has 0 radical (unpaired) electrons. The number of nitrogens with zero attached hydrogens (tertiary/aromatic N) is 4. The molecule has 0 saturated heterocycles. The Hall–Kier alpha value is -4.25. The molecule has 0 fully saturated rings. The van der Waals surface area contributed by atoms with Crippen molar-refractivity contribution in [1.82, 2.24) is 15.3 Å². The number of halogens is 5. The number of aromatic carboxylic acids is 1. The first-order valence-electron chi connectivity index (χ1n) is 17.0. The fourth-order valence-electron chi connectivity index (χ4n) is 6.33. The van der Waals surface area contributed by atoms with Gasteiger partial charge in [0.2, 0.25) is 0 Å². The lowest BCUT2D eigenvalue weighted by Gasteiger charge is -2.22. The molecule has 0 spiro atoms. The van der Waals surface area contributed by atoms with Crippen LogP contribution >= 0.6 is 58.0 Å². The van der Waals surface area contributed by atoms with Crippen LogP contribution in [0.4, 0.5) is 5.82 Å². The highest BCUT2D eigenvalue weighted by Crippen LogP contribution is 2.41. The van der Waals surface area contributed by atoms with Gasteiger partial charge in [-0.15, -0.1) is 0 Å². The van der Waals surface area contributed by atoms with Gasteiger partial charge in [0.05, 0.1) is 42.4 Å². The van der Waals surface area contributed by atoms with Crippen LogP contribution in [0.1, 0.15) is 83.7 Å². The van der Waals surface area contributed by atoms with E-state index in [9.17, 15) is 9.90 Å². The van der Waals surface area contributed by atoms with E-state index in [-0.39, 0.29) is 37.0 Å². The zero-order valence-corrected chi connectivity index (χ0v) is 33.7. The Morgan fingerprint density at radius 2 is 1.28 bits per heavy atom. The van der Waals surface area contributed by atoms with Gasteiger partial charge < -0.3 is 23.8 Å². The molecule has 14 heteroatoms. The quantitative estimate of drug-likeness (QED) is 0.121. The van der Waals surface area contributed by atoms with Gasteiger partial charge in [0, 0.05) is 54.6 Å². The standard InChI is InChI=1S/C40H35Cl5N4O5/c1-20(2)37-26(35(47-53-37)33-28(41)11-7-12-29(33)42)16-25-22(9-6-10-24(25)40(50)51)18-49(5)39-32(45)15-23(17-46-39)52-19-27-36(48-54-38(27)21(3)4)34-30(43)13-8-14-31(34)44/h6-15,17,20-21H,16,18-19H2,1-5H3,(H,50,51). The fraction of sp³-hybridized carbons (Fsp3) is 0.250. The van der Waals surface area contributed by atoms with Gasteiger partial charge in [-0.3, -0.25) is 0 Å². The van der Waals surface area contributed by atoms with Crippen LogP contribution < -0.4 is 9.64 Å². The molecule has 0 amide bonds.